The number of carbonyl (C=O) groups excluding carboxylic acids is 1. The molecule has 4 nitrogen and oxygen atoms in total. The highest BCUT2D eigenvalue weighted by Crippen LogP contribution is 2.18. The lowest BCUT2D eigenvalue weighted by Gasteiger charge is -2.30. The Morgan fingerprint density at radius 3 is 2.60 bits per heavy atom. The van der Waals surface area contributed by atoms with Crippen LogP contribution in [-0.2, 0) is 4.79 Å². The van der Waals surface area contributed by atoms with Crippen LogP contribution in [0.4, 0.5) is 0 Å². The first-order valence-electron chi connectivity index (χ1n) is 5.51. The lowest BCUT2D eigenvalue weighted by Crippen LogP contribution is -2.47. The van der Waals surface area contributed by atoms with E-state index in [1.54, 1.807) is 0 Å². The van der Waals surface area contributed by atoms with Crippen molar-refractivity contribution in [3.63, 3.8) is 0 Å². The summed E-state index contributed by atoms with van der Waals surface area (Å²) in [4.78, 5) is 16.3. The van der Waals surface area contributed by atoms with Crippen LogP contribution in [0.3, 0.4) is 0 Å². The van der Waals surface area contributed by atoms with Gasteiger partial charge in [-0.1, -0.05) is 0 Å². The van der Waals surface area contributed by atoms with Crippen molar-refractivity contribution in [2.45, 2.75) is 18.5 Å². The first-order chi connectivity index (χ1) is 7.18. The molecule has 2 atom stereocenters. The molecule has 0 bridgehead atoms. The number of rotatable bonds is 1. The van der Waals surface area contributed by atoms with E-state index in [1.807, 2.05) is 23.7 Å². The molecule has 0 spiro atoms. The molecule has 15 heavy (non-hydrogen) atoms. The molecule has 5 heteroatoms. The molecule has 0 aromatic rings. The Balaban J connectivity index is 1.94. The van der Waals surface area contributed by atoms with Crippen LogP contribution >= 0.6 is 11.8 Å². The van der Waals surface area contributed by atoms with Crippen LogP contribution in [0.1, 0.15) is 6.42 Å². The summed E-state index contributed by atoms with van der Waals surface area (Å²) in [5, 5.41) is 0. The number of nitrogens with two attached hydrogens (primary N) is 1. The Morgan fingerprint density at radius 1 is 1.40 bits per heavy atom. The summed E-state index contributed by atoms with van der Waals surface area (Å²) in [6, 6.07) is 0.200. The molecule has 2 heterocycles. The maximum absolute atomic E-state index is 12.2. The van der Waals surface area contributed by atoms with Crippen molar-refractivity contribution in [3.8, 4) is 0 Å². The van der Waals surface area contributed by atoms with E-state index in [1.165, 1.54) is 0 Å². The monoisotopic (exact) mass is 229 g/mol. The van der Waals surface area contributed by atoms with Crippen LogP contribution in [-0.4, -0.2) is 66.0 Å². The summed E-state index contributed by atoms with van der Waals surface area (Å²) in [5.41, 5.74) is 5.87. The highest BCUT2D eigenvalue weighted by molar-refractivity contribution is 7.99. The summed E-state index contributed by atoms with van der Waals surface area (Å²) >= 11 is 1.93. The van der Waals surface area contributed by atoms with Crippen molar-refractivity contribution in [2.75, 3.05) is 38.2 Å². The lowest BCUT2D eigenvalue weighted by molar-refractivity contribution is -0.135. The summed E-state index contributed by atoms with van der Waals surface area (Å²) in [7, 11) is 1.99. The molecule has 2 fully saturated rings. The molecule has 0 aromatic heterocycles. The van der Waals surface area contributed by atoms with Crippen LogP contribution < -0.4 is 5.73 Å². The Bertz CT molecular complexity index is 243. The first kappa shape index (κ1) is 11.2. The van der Waals surface area contributed by atoms with Gasteiger partial charge >= 0.3 is 0 Å². The van der Waals surface area contributed by atoms with Gasteiger partial charge in [-0.05, 0) is 13.5 Å². The van der Waals surface area contributed by atoms with Crippen molar-refractivity contribution in [2.24, 2.45) is 5.73 Å². The molecule has 2 aliphatic heterocycles. The van der Waals surface area contributed by atoms with E-state index in [2.05, 4.69) is 4.90 Å². The van der Waals surface area contributed by atoms with Crippen molar-refractivity contribution in [3.05, 3.63) is 0 Å². The van der Waals surface area contributed by atoms with Gasteiger partial charge in [-0.15, -0.1) is 0 Å². The van der Waals surface area contributed by atoms with E-state index < -0.39 is 0 Å². The number of hydrogen-bond donors (Lipinski definition) is 1. The molecule has 2 N–H and O–H groups in total. The molecule has 0 radical (unpaired) electrons. The largest absolute Gasteiger partial charge is 0.340 e. The molecule has 86 valence electrons. The summed E-state index contributed by atoms with van der Waals surface area (Å²) in [6.45, 7) is 2.66. The van der Waals surface area contributed by atoms with E-state index in [0.29, 0.717) is 0 Å². The highest BCUT2D eigenvalue weighted by Gasteiger charge is 2.35. The third-order valence-corrected chi connectivity index (χ3v) is 4.13. The summed E-state index contributed by atoms with van der Waals surface area (Å²) in [5.74, 6) is 2.44. The van der Waals surface area contributed by atoms with Crippen LogP contribution in [0.15, 0.2) is 0 Å². The zero-order valence-electron chi connectivity index (χ0n) is 9.19. The van der Waals surface area contributed by atoms with Gasteiger partial charge < -0.3 is 10.6 Å². The van der Waals surface area contributed by atoms with Crippen LogP contribution in [0.5, 0.6) is 0 Å². The average Bonchev–Trinajstić information content (AvgIpc) is 2.58. The molecule has 2 rings (SSSR count). The third kappa shape index (κ3) is 2.46. The Labute approximate surface area is 95.2 Å². The minimum absolute atomic E-state index is 0.0306. The van der Waals surface area contributed by atoms with Crippen molar-refractivity contribution < 1.29 is 4.79 Å². The quantitative estimate of drug-likeness (QED) is 0.664. The molecule has 0 aliphatic carbocycles. The zero-order chi connectivity index (χ0) is 10.8. The fourth-order valence-corrected chi connectivity index (χ4v) is 3.23. The highest BCUT2D eigenvalue weighted by atomic mass is 32.2. The van der Waals surface area contributed by atoms with Gasteiger partial charge in [0.05, 0.1) is 6.04 Å². The molecule has 1 amide bonds. The van der Waals surface area contributed by atoms with Crippen LogP contribution in [0.2, 0.25) is 0 Å². The van der Waals surface area contributed by atoms with Crippen molar-refractivity contribution in [1.29, 1.82) is 0 Å². The fourth-order valence-electron chi connectivity index (χ4n) is 2.32. The van der Waals surface area contributed by atoms with Crippen LogP contribution in [0.25, 0.3) is 0 Å². The van der Waals surface area contributed by atoms with E-state index in [-0.39, 0.29) is 18.0 Å². The number of thioether (sulfide) groups is 1. The second kappa shape index (κ2) is 4.72. The molecule has 2 saturated heterocycles. The topological polar surface area (TPSA) is 49.6 Å². The third-order valence-electron chi connectivity index (χ3n) is 3.19. The molecule has 0 saturated carbocycles. The predicted octanol–water partition coefficient (Wildman–Crippen LogP) is -0.407. The van der Waals surface area contributed by atoms with Gasteiger partial charge in [0.1, 0.15) is 0 Å². The molecule has 2 unspecified atom stereocenters. The van der Waals surface area contributed by atoms with Gasteiger partial charge in [0.15, 0.2) is 0 Å². The number of amides is 1. The van der Waals surface area contributed by atoms with Crippen molar-refractivity contribution in [1.82, 2.24) is 9.80 Å². The molecule has 0 aromatic carbocycles. The van der Waals surface area contributed by atoms with Gasteiger partial charge in [0, 0.05) is 37.2 Å². The van der Waals surface area contributed by atoms with Gasteiger partial charge in [0.2, 0.25) is 5.91 Å². The molecular formula is C10H19N3OS. The van der Waals surface area contributed by atoms with E-state index in [4.69, 9.17) is 5.73 Å². The lowest BCUT2D eigenvalue weighted by atomic mass is 10.1. The smallest absolute Gasteiger partial charge is 0.240 e. The Morgan fingerprint density at radius 2 is 2.07 bits per heavy atom. The summed E-state index contributed by atoms with van der Waals surface area (Å²) < 4.78 is 0. The fraction of sp³-hybridized carbons (Fsp3) is 0.900. The molecule has 2 aliphatic rings. The average molecular weight is 229 g/mol. The number of hydrogen-bond acceptors (Lipinski definition) is 4. The maximum Gasteiger partial charge on any atom is 0.240 e. The van der Waals surface area contributed by atoms with Crippen molar-refractivity contribution >= 4 is 17.7 Å². The van der Waals surface area contributed by atoms with Gasteiger partial charge in [-0.3, -0.25) is 9.69 Å². The minimum Gasteiger partial charge on any atom is -0.340 e. The first-order valence-corrected chi connectivity index (χ1v) is 6.66. The van der Waals surface area contributed by atoms with Gasteiger partial charge in [-0.2, -0.15) is 11.8 Å². The van der Waals surface area contributed by atoms with Gasteiger partial charge in [-0.25, -0.2) is 0 Å². The van der Waals surface area contributed by atoms with E-state index in [9.17, 15) is 4.79 Å². The van der Waals surface area contributed by atoms with E-state index >= 15 is 0 Å². The second-order valence-corrected chi connectivity index (χ2v) is 5.61. The SMILES string of the molecule is CN1CC(N)CC1C(=O)N1CCSCC1. The van der Waals surface area contributed by atoms with Gasteiger partial charge in [0.25, 0.3) is 0 Å². The number of nitrogens with zero attached hydrogens (tertiary/aromatic N) is 2. The molecular weight excluding hydrogens is 210 g/mol. The van der Waals surface area contributed by atoms with Crippen LogP contribution in [0, 0.1) is 0 Å². The second-order valence-electron chi connectivity index (χ2n) is 4.39. The zero-order valence-corrected chi connectivity index (χ0v) is 10.0. The predicted molar refractivity (Wildman–Crippen MR) is 62.9 cm³/mol. The Hall–Kier alpha value is -0.260. The normalized spacial score (nSPS) is 33.3. The number of likely N-dealkylation sites (N-methyl/N-ethyl adjacent to an activating group) is 1. The Kier molecular flexibility index (Phi) is 3.53. The summed E-state index contributed by atoms with van der Waals surface area (Å²) in [6.07, 6.45) is 0.818. The maximum atomic E-state index is 12.2. The van der Waals surface area contributed by atoms with E-state index in [0.717, 1.165) is 37.6 Å². The number of likely N-dealkylation sites (tertiary alicyclic amines) is 1. The minimum atomic E-state index is 0.0306. The number of carbonyl (C=O) groups is 1. The standard InChI is InChI=1S/C10H19N3OS/c1-12-7-8(11)6-9(12)10(14)13-2-4-15-5-3-13/h8-9H,2-7,11H2,1H3.